The highest BCUT2D eigenvalue weighted by Gasteiger charge is 1.93. The van der Waals surface area contributed by atoms with E-state index in [0.717, 1.165) is 25.4 Å². The second kappa shape index (κ2) is 7.17. The number of aliphatic hydroxyl groups is 1. The third-order valence-corrected chi connectivity index (χ3v) is 1.72. The standard InChI is InChI=1S/C10H21NO/c1-9(2)6-8-11-7-4-5-10(3)12/h9,11-12H,3-8H2,1-2H3. The van der Waals surface area contributed by atoms with Gasteiger partial charge in [-0.2, -0.15) is 0 Å². The molecule has 2 nitrogen and oxygen atoms in total. The van der Waals surface area contributed by atoms with E-state index >= 15 is 0 Å². The van der Waals surface area contributed by atoms with Crippen LogP contribution in [-0.2, 0) is 0 Å². The zero-order chi connectivity index (χ0) is 9.40. The first-order chi connectivity index (χ1) is 5.63. The third kappa shape index (κ3) is 9.50. The van der Waals surface area contributed by atoms with Gasteiger partial charge in [0.05, 0.1) is 5.76 Å². The summed E-state index contributed by atoms with van der Waals surface area (Å²) in [6.45, 7) is 9.93. The van der Waals surface area contributed by atoms with E-state index in [1.807, 2.05) is 0 Å². The number of aliphatic hydroxyl groups excluding tert-OH is 1. The summed E-state index contributed by atoms with van der Waals surface area (Å²) in [5.41, 5.74) is 0. The monoisotopic (exact) mass is 171 g/mol. The molecule has 0 unspecified atom stereocenters. The summed E-state index contributed by atoms with van der Waals surface area (Å²) in [4.78, 5) is 0. The molecule has 0 aliphatic carbocycles. The molecule has 0 bridgehead atoms. The van der Waals surface area contributed by atoms with Gasteiger partial charge in [-0.05, 0) is 31.8 Å². The number of allylic oxidation sites excluding steroid dienone is 1. The van der Waals surface area contributed by atoms with Crippen LogP contribution in [0.5, 0.6) is 0 Å². The molecule has 0 aromatic rings. The number of hydrogen-bond acceptors (Lipinski definition) is 2. The Kier molecular flexibility index (Phi) is 6.87. The van der Waals surface area contributed by atoms with Crippen molar-refractivity contribution in [2.45, 2.75) is 33.1 Å². The van der Waals surface area contributed by atoms with Gasteiger partial charge in [-0.15, -0.1) is 0 Å². The van der Waals surface area contributed by atoms with Crippen LogP contribution < -0.4 is 5.32 Å². The predicted molar refractivity (Wildman–Crippen MR) is 53.3 cm³/mol. The minimum Gasteiger partial charge on any atom is -0.513 e. The zero-order valence-electron chi connectivity index (χ0n) is 8.27. The van der Waals surface area contributed by atoms with Crippen LogP contribution in [0, 0.1) is 5.92 Å². The van der Waals surface area contributed by atoms with E-state index < -0.39 is 0 Å². The largest absolute Gasteiger partial charge is 0.513 e. The summed E-state index contributed by atoms with van der Waals surface area (Å²) < 4.78 is 0. The van der Waals surface area contributed by atoms with E-state index in [4.69, 9.17) is 5.11 Å². The number of nitrogens with one attached hydrogen (secondary N) is 1. The van der Waals surface area contributed by atoms with E-state index in [-0.39, 0.29) is 0 Å². The van der Waals surface area contributed by atoms with E-state index in [0.29, 0.717) is 12.2 Å². The van der Waals surface area contributed by atoms with E-state index in [1.165, 1.54) is 6.42 Å². The van der Waals surface area contributed by atoms with Crippen molar-refractivity contribution in [1.82, 2.24) is 5.32 Å². The second-order valence-electron chi connectivity index (χ2n) is 3.60. The Hall–Kier alpha value is -0.500. The first kappa shape index (κ1) is 11.5. The zero-order valence-corrected chi connectivity index (χ0v) is 8.27. The highest BCUT2D eigenvalue weighted by Crippen LogP contribution is 1.98. The first-order valence-electron chi connectivity index (χ1n) is 4.70. The lowest BCUT2D eigenvalue weighted by atomic mass is 10.1. The smallest absolute Gasteiger partial charge is 0.0851 e. The minimum absolute atomic E-state index is 0.292. The summed E-state index contributed by atoms with van der Waals surface area (Å²) in [7, 11) is 0. The molecule has 0 saturated heterocycles. The van der Waals surface area contributed by atoms with Gasteiger partial charge in [0.25, 0.3) is 0 Å². The average Bonchev–Trinajstić information content (AvgIpc) is 1.95. The first-order valence-corrected chi connectivity index (χ1v) is 4.70. The summed E-state index contributed by atoms with van der Waals surface area (Å²) in [5, 5.41) is 12.1. The van der Waals surface area contributed by atoms with Crippen LogP contribution in [0.3, 0.4) is 0 Å². The Morgan fingerprint density at radius 2 is 2.08 bits per heavy atom. The van der Waals surface area contributed by atoms with Crippen molar-refractivity contribution < 1.29 is 5.11 Å². The summed E-state index contributed by atoms with van der Waals surface area (Å²) in [6.07, 6.45) is 2.92. The van der Waals surface area contributed by atoms with Crippen LogP contribution >= 0.6 is 0 Å². The molecule has 0 rings (SSSR count). The van der Waals surface area contributed by atoms with Gasteiger partial charge >= 0.3 is 0 Å². The highest BCUT2D eigenvalue weighted by molar-refractivity contribution is 4.78. The van der Waals surface area contributed by atoms with Crippen LogP contribution in [0.25, 0.3) is 0 Å². The van der Waals surface area contributed by atoms with Crippen molar-refractivity contribution in [3.8, 4) is 0 Å². The van der Waals surface area contributed by atoms with Crippen molar-refractivity contribution in [3.05, 3.63) is 12.3 Å². The van der Waals surface area contributed by atoms with Gasteiger partial charge in [0.1, 0.15) is 0 Å². The van der Waals surface area contributed by atoms with E-state index in [2.05, 4.69) is 25.7 Å². The van der Waals surface area contributed by atoms with Gasteiger partial charge < -0.3 is 10.4 Å². The second-order valence-corrected chi connectivity index (χ2v) is 3.60. The molecule has 0 heterocycles. The number of rotatable bonds is 7. The molecule has 0 aromatic carbocycles. The van der Waals surface area contributed by atoms with Gasteiger partial charge in [0, 0.05) is 6.42 Å². The van der Waals surface area contributed by atoms with Crippen LogP contribution in [0.2, 0.25) is 0 Å². The molecule has 0 spiro atoms. The summed E-state index contributed by atoms with van der Waals surface area (Å²) >= 11 is 0. The van der Waals surface area contributed by atoms with Gasteiger partial charge in [-0.25, -0.2) is 0 Å². The minimum atomic E-state index is 0.292. The molecule has 0 aliphatic heterocycles. The SMILES string of the molecule is C=C(O)CCCNCCC(C)C. The lowest BCUT2D eigenvalue weighted by Gasteiger charge is -2.05. The van der Waals surface area contributed by atoms with Crippen LogP contribution in [0.1, 0.15) is 33.1 Å². The van der Waals surface area contributed by atoms with Crippen molar-refractivity contribution in [2.75, 3.05) is 13.1 Å². The lowest BCUT2D eigenvalue weighted by molar-refractivity contribution is 0.384. The molecule has 2 N–H and O–H groups in total. The van der Waals surface area contributed by atoms with E-state index in [9.17, 15) is 0 Å². The molecule has 0 aliphatic rings. The maximum atomic E-state index is 8.77. The fourth-order valence-corrected chi connectivity index (χ4v) is 0.933. The third-order valence-electron chi connectivity index (χ3n) is 1.72. The molecular formula is C10H21NO. The highest BCUT2D eigenvalue weighted by atomic mass is 16.3. The molecule has 72 valence electrons. The summed E-state index contributed by atoms with van der Waals surface area (Å²) in [6, 6.07) is 0. The maximum Gasteiger partial charge on any atom is 0.0851 e. The Morgan fingerprint density at radius 3 is 2.58 bits per heavy atom. The summed E-state index contributed by atoms with van der Waals surface area (Å²) in [5.74, 6) is 1.06. The van der Waals surface area contributed by atoms with Gasteiger partial charge in [0.15, 0.2) is 0 Å². The topological polar surface area (TPSA) is 32.3 Å². The molecule has 0 saturated carbocycles. The quantitative estimate of drug-likeness (QED) is 0.455. The fraction of sp³-hybridized carbons (Fsp3) is 0.800. The Balaban J connectivity index is 2.96. The van der Waals surface area contributed by atoms with Crippen molar-refractivity contribution >= 4 is 0 Å². The molecular weight excluding hydrogens is 150 g/mol. The number of hydrogen-bond donors (Lipinski definition) is 2. The molecule has 0 aromatic heterocycles. The van der Waals surface area contributed by atoms with Crippen molar-refractivity contribution in [1.29, 1.82) is 0 Å². The molecule has 12 heavy (non-hydrogen) atoms. The van der Waals surface area contributed by atoms with Crippen molar-refractivity contribution in [3.63, 3.8) is 0 Å². The van der Waals surface area contributed by atoms with Gasteiger partial charge in [-0.1, -0.05) is 20.4 Å². The van der Waals surface area contributed by atoms with Gasteiger partial charge in [0.2, 0.25) is 0 Å². The predicted octanol–water partition coefficient (Wildman–Crippen LogP) is 2.47. The molecule has 2 heteroatoms. The molecule has 0 radical (unpaired) electrons. The van der Waals surface area contributed by atoms with Crippen LogP contribution in [0.15, 0.2) is 12.3 Å². The fourth-order valence-electron chi connectivity index (χ4n) is 0.933. The normalized spacial score (nSPS) is 10.6. The van der Waals surface area contributed by atoms with E-state index in [1.54, 1.807) is 0 Å². The Labute approximate surface area is 75.7 Å². The van der Waals surface area contributed by atoms with Crippen LogP contribution in [0.4, 0.5) is 0 Å². The Morgan fingerprint density at radius 1 is 1.42 bits per heavy atom. The maximum absolute atomic E-state index is 8.77. The van der Waals surface area contributed by atoms with Crippen LogP contribution in [-0.4, -0.2) is 18.2 Å². The molecule has 0 fully saturated rings. The van der Waals surface area contributed by atoms with Gasteiger partial charge in [-0.3, -0.25) is 0 Å². The lowest BCUT2D eigenvalue weighted by Crippen LogP contribution is -2.18. The molecule has 0 amide bonds. The molecule has 0 atom stereocenters. The Bertz CT molecular complexity index is 121. The average molecular weight is 171 g/mol. The van der Waals surface area contributed by atoms with Crippen molar-refractivity contribution in [2.24, 2.45) is 5.92 Å².